The molecule has 2 N–H and O–H groups in total. The van der Waals surface area contributed by atoms with Gasteiger partial charge in [-0.05, 0) is 26.0 Å². The molecule has 2 rings (SSSR count). The zero-order chi connectivity index (χ0) is 15.6. The summed E-state index contributed by atoms with van der Waals surface area (Å²) in [5.74, 6) is -0.152. The number of hydrogen-bond acceptors (Lipinski definition) is 4. The molecule has 0 amide bonds. The number of aryl methyl sites for hydroxylation is 1. The van der Waals surface area contributed by atoms with Crippen LogP contribution in [-0.4, -0.2) is 22.1 Å². The number of carbonyl (C=O) groups is 1. The highest BCUT2D eigenvalue weighted by atomic mass is 19.1. The fourth-order valence-corrected chi connectivity index (χ4v) is 2.18. The minimum atomic E-state index is -0.572. The van der Waals surface area contributed by atoms with E-state index < -0.39 is 5.97 Å². The summed E-state index contributed by atoms with van der Waals surface area (Å²) in [4.78, 5) is 16.1. The van der Waals surface area contributed by atoms with Gasteiger partial charge in [-0.1, -0.05) is 13.0 Å². The van der Waals surface area contributed by atoms with Crippen molar-refractivity contribution in [1.29, 1.82) is 0 Å². The first-order chi connectivity index (χ1) is 10.0. The molecular formula is C15H18FN3O2. The minimum absolute atomic E-state index is 0.0670. The molecule has 6 heteroatoms. The number of halogens is 1. The first kappa shape index (κ1) is 15.0. The molecular weight excluding hydrogens is 273 g/mol. The van der Waals surface area contributed by atoms with Gasteiger partial charge < -0.3 is 10.5 Å². The van der Waals surface area contributed by atoms with Crippen molar-refractivity contribution >= 4 is 11.8 Å². The van der Waals surface area contributed by atoms with E-state index in [0.29, 0.717) is 23.5 Å². The monoisotopic (exact) mass is 291 g/mol. The third-order valence-electron chi connectivity index (χ3n) is 3.25. The van der Waals surface area contributed by atoms with E-state index in [4.69, 9.17) is 10.5 Å². The number of imidazole rings is 1. The predicted molar refractivity (Wildman–Crippen MR) is 78.0 cm³/mol. The predicted octanol–water partition coefficient (Wildman–Crippen LogP) is 2.64. The number of esters is 1. The van der Waals surface area contributed by atoms with Gasteiger partial charge in [-0.25, -0.2) is 14.2 Å². The third-order valence-corrected chi connectivity index (χ3v) is 3.25. The molecule has 0 unspecified atom stereocenters. The fraction of sp³-hybridized carbons (Fsp3) is 0.333. The summed E-state index contributed by atoms with van der Waals surface area (Å²) in [6, 6.07) is 4.72. The maximum atomic E-state index is 13.8. The molecule has 0 radical (unpaired) electrons. The van der Waals surface area contributed by atoms with Gasteiger partial charge in [0, 0.05) is 12.0 Å². The smallest absolute Gasteiger partial charge is 0.360 e. The van der Waals surface area contributed by atoms with Crippen molar-refractivity contribution in [3.05, 3.63) is 41.1 Å². The van der Waals surface area contributed by atoms with Gasteiger partial charge in [0.25, 0.3) is 0 Å². The second-order valence-electron chi connectivity index (χ2n) is 4.56. The van der Waals surface area contributed by atoms with Crippen LogP contribution in [0.25, 0.3) is 5.69 Å². The van der Waals surface area contributed by atoms with Crippen LogP contribution in [0.4, 0.5) is 10.2 Å². The van der Waals surface area contributed by atoms with E-state index in [-0.39, 0.29) is 23.9 Å². The quantitative estimate of drug-likeness (QED) is 0.879. The number of nitrogens with two attached hydrogens (primary N) is 1. The SMILES string of the molecule is CCOC(=O)c1nc(CC)n(-c2cccc(F)c2C)c1N. The van der Waals surface area contributed by atoms with E-state index in [1.165, 1.54) is 6.07 Å². The molecule has 1 heterocycles. The van der Waals surface area contributed by atoms with Gasteiger partial charge in [-0.2, -0.15) is 0 Å². The lowest BCUT2D eigenvalue weighted by Gasteiger charge is -2.12. The summed E-state index contributed by atoms with van der Waals surface area (Å²) in [5, 5.41) is 0. The fourth-order valence-electron chi connectivity index (χ4n) is 2.18. The van der Waals surface area contributed by atoms with E-state index in [9.17, 15) is 9.18 Å². The number of nitrogen functional groups attached to an aromatic ring is 1. The number of nitrogens with zero attached hydrogens (tertiary/aromatic N) is 2. The highest BCUT2D eigenvalue weighted by Gasteiger charge is 2.22. The Bertz CT molecular complexity index is 680. The Morgan fingerprint density at radius 3 is 2.76 bits per heavy atom. The van der Waals surface area contributed by atoms with Crippen LogP contribution < -0.4 is 5.73 Å². The van der Waals surface area contributed by atoms with E-state index in [2.05, 4.69) is 4.98 Å². The van der Waals surface area contributed by atoms with E-state index in [0.717, 1.165) is 0 Å². The molecule has 1 aromatic heterocycles. The van der Waals surface area contributed by atoms with E-state index >= 15 is 0 Å². The van der Waals surface area contributed by atoms with Crippen molar-refractivity contribution in [1.82, 2.24) is 9.55 Å². The molecule has 0 bridgehead atoms. The second-order valence-corrected chi connectivity index (χ2v) is 4.56. The third kappa shape index (κ3) is 2.61. The van der Waals surface area contributed by atoms with Crippen molar-refractivity contribution in [3.8, 4) is 5.69 Å². The summed E-state index contributed by atoms with van der Waals surface area (Å²) in [7, 11) is 0. The molecule has 0 aliphatic heterocycles. The Labute approximate surface area is 122 Å². The van der Waals surface area contributed by atoms with Crippen LogP contribution in [0.5, 0.6) is 0 Å². The molecule has 112 valence electrons. The topological polar surface area (TPSA) is 70.1 Å². The minimum Gasteiger partial charge on any atom is -0.461 e. The number of anilines is 1. The van der Waals surface area contributed by atoms with Crippen LogP contribution in [-0.2, 0) is 11.2 Å². The lowest BCUT2D eigenvalue weighted by Crippen LogP contribution is -2.10. The van der Waals surface area contributed by atoms with Gasteiger partial charge in [-0.3, -0.25) is 4.57 Å². The Balaban J connectivity index is 2.63. The Kier molecular flexibility index (Phi) is 4.26. The maximum Gasteiger partial charge on any atom is 0.360 e. The van der Waals surface area contributed by atoms with Crippen molar-refractivity contribution in [3.63, 3.8) is 0 Å². The van der Waals surface area contributed by atoms with Crippen molar-refractivity contribution in [2.24, 2.45) is 0 Å². The Hall–Kier alpha value is -2.37. The maximum absolute atomic E-state index is 13.8. The van der Waals surface area contributed by atoms with E-state index in [1.807, 2.05) is 6.92 Å². The lowest BCUT2D eigenvalue weighted by atomic mass is 10.2. The van der Waals surface area contributed by atoms with Crippen molar-refractivity contribution < 1.29 is 13.9 Å². The van der Waals surface area contributed by atoms with Gasteiger partial charge >= 0.3 is 5.97 Å². The van der Waals surface area contributed by atoms with Crippen molar-refractivity contribution in [2.75, 3.05) is 12.3 Å². The molecule has 0 aliphatic carbocycles. The average Bonchev–Trinajstić information content (AvgIpc) is 2.79. The number of ether oxygens (including phenoxy) is 1. The summed E-state index contributed by atoms with van der Waals surface area (Å²) in [5.41, 5.74) is 7.13. The zero-order valence-corrected chi connectivity index (χ0v) is 12.3. The highest BCUT2D eigenvalue weighted by molar-refractivity contribution is 5.92. The molecule has 5 nitrogen and oxygen atoms in total. The number of benzene rings is 1. The number of carbonyl (C=O) groups excluding carboxylic acids is 1. The lowest BCUT2D eigenvalue weighted by molar-refractivity contribution is 0.0521. The standard InChI is InChI=1S/C15H18FN3O2/c1-4-12-18-13(15(20)21-5-2)14(17)19(12)11-8-6-7-10(16)9(11)3/h6-8H,4-5,17H2,1-3H3. The van der Waals surface area contributed by atoms with Crippen LogP contribution in [0.2, 0.25) is 0 Å². The zero-order valence-electron chi connectivity index (χ0n) is 12.3. The van der Waals surface area contributed by atoms with Crippen molar-refractivity contribution in [2.45, 2.75) is 27.2 Å². The number of hydrogen-bond donors (Lipinski definition) is 1. The summed E-state index contributed by atoms with van der Waals surface area (Å²) >= 11 is 0. The molecule has 0 spiro atoms. The molecule has 0 saturated heterocycles. The highest BCUT2D eigenvalue weighted by Crippen LogP contribution is 2.25. The Morgan fingerprint density at radius 2 is 2.14 bits per heavy atom. The van der Waals surface area contributed by atoms with Gasteiger partial charge in [0.15, 0.2) is 5.69 Å². The number of rotatable bonds is 4. The first-order valence-corrected chi connectivity index (χ1v) is 6.80. The van der Waals surface area contributed by atoms with Crippen LogP contribution in [0.3, 0.4) is 0 Å². The van der Waals surface area contributed by atoms with Crippen LogP contribution in [0, 0.1) is 12.7 Å². The largest absolute Gasteiger partial charge is 0.461 e. The molecule has 0 atom stereocenters. The normalized spacial score (nSPS) is 10.7. The molecule has 2 aromatic rings. The van der Waals surface area contributed by atoms with Gasteiger partial charge in [0.1, 0.15) is 17.5 Å². The molecule has 0 aliphatic rings. The summed E-state index contributed by atoms with van der Waals surface area (Å²) < 4.78 is 20.3. The van der Waals surface area contributed by atoms with Gasteiger partial charge in [0.2, 0.25) is 0 Å². The average molecular weight is 291 g/mol. The van der Waals surface area contributed by atoms with Crippen LogP contribution in [0.1, 0.15) is 35.7 Å². The van der Waals surface area contributed by atoms with Gasteiger partial charge in [0.05, 0.1) is 12.3 Å². The van der Waals surface area contributed by atoms with Crippen LogP contribution in [0.15, 0.2) is 18.2 Å². The van der Waals surface area contributed by atoms with E-state index in [1.54, 1.807) is 30.5 Å². The first-order valence-electron chi connectivity index (χ1n) is 6.80. The second kappa shape index (κ2) is 5.95. The molecule has 21 heavy (non-hydrogen) atoms. The Morgan fingerprint density at radius 1 is 1.43 bits per heavy atom. The summed E-state index contributed by atoms with van der Waals surface area (Å²) in [6.07, 6.45) is 0.555. The van der Waals surface area contributed by atoms with Crippen LogP contribution >= 0.6 is 0 Å². The molecule has 1 aromatic carbocycles. The molecule has 0 fully saturated rings. The number of aromatic nitrogens is 2. The summed E-state index contributed by atoms with van der Waals surface area (Å²) in [6.45, 7) is 5.50. The molecule has 0 saturated carbocycles. The van der Waals surface area contributed by atoms with Gasteiger partial charge in [-0.15, -0.1) is 0 Å².